The molecule has 0 heterocycles. The molecule has 1 aromatic rings. The molecule has 1 aliphatic rings. The van der Waals surface area contributed by atoms with Gasteiger partial charge in [0.15, 0.2) is 5.11 Å². The number of anilines is 1. The monoisotopic (exact) mass is 380 g/mol. The number of thioether (sulfide) groups is 1. The van der Waals surface area contributed by atoms with Gasteiger partial charge in [0.25, 0.3) is 0 Å². The molecular formula is C19H28N2O2S2. The van der Waals surface area contributed by atoms with Crippen LogP contribution in [-0.2, 0) is 4.74 Å². The number of nitrogens with one attached hydrogen (secondary N) is 2. The average molecular weight is 381 g/mol. The van der Waals surface area contributed by atoms with Crippen LogP contribution in [0.15, 0.2) is 18.2 Å². The van der Waals surface area contributed by atoms with Crippen molar-refractivity contribution >= 4 is 40.7 Å². The van der Waals surface area contributed by atoms with E-state index in [2.05, 4.69) is 10.6 Å². The Labute approximate surface area is 160 Å². The second-order valence-corrected chi connectivity index (χ2v) is 8.08. The molecule has 0 aliphatic heterocycles. The van der Waals surface area contributed by atoms with E-state index in [1.807, 2.05) is 24.8 Å². The summed E-state index contributed by atoms with van der Waals surface area (Å²) in [5.74, 6) is 0.752. The van der Waals surface area contributed by atoms with E-state index >= 15 is 0 Å². The third-order valence-corrected chi connectivity index (χ3v) is 5.92. The molecule has 0 atom stereocenters. The highest BCUT2D eigenvalue weighted by atomic mass is 32.2. The SMILES string of the molecule is CCOC(=O)c1ccc(C)c(NC(=S)NCCSC2CCCCC2)c1. The summed E-state index contributed by atoms with van der Waals surface area (Å²) in [4.78, 5) is 11.9. The molecule has 2 N–H and O–H groups in total. The van der Waals surface area contributed by atoms with Crippen LogP contribution in [0.1, 0.15) is 54.9 Å². The lowest BCUT2D eigenvalue weighted by atomic mass is 10.0. The summed E-state index contributed by atoms with van der Waals surface area (Å²) in [6.07, 6.45) is 6.86. The van der Waals surface area contributed by atoms with Gasteiger partial charge in [-0.2, -0.15) is 11.8 Å². The Hall–Kier alpha value is -1.27. The Kier molecular flexibility index (Phi) is 8.55. The van der Waals surface area contributed by atoms with E-state index in [-0.39, 0.29) is 5.97 Å². The van der Waals surface area contributed by atoms with E-state index in [1.54, 1.807) is 19.1 Å². The number of carbonyl (C=O) groups excluding carboxylic acids is 1. The molecule has 1 aromatic carbocycles. The predicted molar refractivity (Wildman–Crippen MR) is 111 cm³/mol. The van der Waals surface area contributed by atoms with Gasteiger partial charge in [-0.1, -0.05) is 25.3 Å². The summed E-state index contributed by atoms with van der Waals surface area (Å²) < 4.78 is 5.05. The van der Waals surface area contributed by atoms with Crippen LogP contribution in [0.2, 0.25) is 0 Å². The molecule has 0 bridgehead atoms. The largest absolute Gasteiger partial charge is 0.462 e. The summed E-state index contributed by atoms with van der Waals surface area (Å²) in [5, 5.41) is 7.86. The summed E-state index contributed by atoms with van der Waals surface area (Å²) in [6, 6.07) is 5.46. The van der Waals surface area contributed by atoms with Gasteiger partial charge in [-0.25, -0.2) is 4.79 Å². The van der Waals surface area contributed by atoms with Crippen molar-refractivity contribution in [3.63, 3.8) is 0 Å². The van der Waals surface area contributed by atoms with Crippen LogP contribution in [0.25, 0.3) is 0 Å². The van der Waals surface area contributed by atoms with Crippen molar-refractivity contribution < 1.29 is 9.53 Å². The zero-order chi connectivity index (χ0) is 18.1. The summed E-state index contributed by atoms with van der Waals surface area (Å²) in [5.41, 5.74) is 2.40. The number of esters is 1. The van der Waals surface area contributed by atoms with Gasteiger partial charge in [-0.15, -0.1) is 0 Å². The highest BCUT2D eigenvalue weighted by Crippen LogP contribution is 2.27. The summed E-state index contributed by atoms with van der Waals surface area (Å²) in [7, 11) is 0. The molecule has 1 saturated carbocycles. The number of benzene rings is 1. The van der Waals surface area contributed by atoms with Gasteiger partial charge in [-0.3, -0.25) is 0 Å². The maximum atomic E-state index is 11.9. The van der Waals surface area contributed by atoms with E-state index in [1.165, 1.54) is 32.1 Å². The van der Waals surface area contributed by atoms with Gasteiger partial charge in [-0.05, 0) is 56.6 Å². The molecule has 1 fully saturated rings. The third kappa shape index (κ3) is 6.86. The Morgan fingerprint density at radius 2 is 2.08 bits per heavy atom. The molecule has 138 valence electrons. The molecule has 0 unspecified atom stereocenters. The Balaban J connectivity index is 1.77. The lowest BCUT2D eigenvalue weighted by Gasteiger charge is -2.21. The molecule has 2 rings (SSSR count). The first kappa shape index (κ1) is 20.0. The van der Waals surface area contributed by atoms with Gasteiger partial charge < -0.3 is 15.4 Å². The maximum Gasteiger partial charge on any atom is 0.338 e. The molecular weight excluding hydrogens is 352 g/mol. The molecule has 0 aromatic heterocycles. The van der Waals surface area contributed by atoms with Crippen molar-refractivity contribution in [3.8, 4) is 0 Å². The fraction of sp³-hybridized carbons (Fsp3) is 0.579. The molecule has 6 heteroatoms. The number of thiocarbonyl (C=S) groups is 1. The molecule has 0 saturated heterocycles. The van der Waals surface area contributed by atoms with Crippen LogP contribution in [0.5, 0.6) is 0 Å². The first-order chi connectivity index (χ1) is 12.1. The third-order valence-electron chi connectivity index (χ3n) is 4.29. The fourth-order valence-corrected chi connectivity index (χ4v) is 4.32. The first-order valence-electron chi connectivity index (χ1n) is 9.04. The quantitative estimate of drug-likeness (QED) is 0.412. The first-order valence-corrected chi connectivity index (χ1v) is 10.5. The van der Waals surface area contributed by atoms with Crippen LogP contribution in [0.3, 0.4) is 0 Å². The highest BCUT2D eigenvalue weighted by molar-refractivity contribution is 7.99. The van der Waals surface area contributed by atoms with Gasteiger partial charge in [0.1, 0.15) is 0 Å². The van der Waals surface area contributed by atoms with Crippen molar-refractivity contribution in [1.82, 2.24) is 5.32 Å². The average Bonchev–Trinajstić information content (AvgIpc) is 2.62. The van der Waals surface area contributed by atoms with Crippen LogP contribution in [-0.4, -0.2) is 35.2 Å². The minimum Gasteiger partial charge on any atom is -0.462 e. The fourth-order valence-electron chi connectivity index (χ4n) is 2.89. The van der Waals surface area contributed by atoms with Crippen LogP contribution < -0.4 is 10.6 Å². The summed E-state index contributed by atoms with van der Waals surface area (Å²) >= 11 is 7.43. The Bertz CT molecular complexity index is 587. The van der Waals surface area contributed by atoms with Crippen molar-refractivity contribution in [3.05, 3.63) is 29.3 Å². The number of ether oxygens (including phenoxy) is 1. The Morgan fingerprint density at radius 3 is 2.80 bits per heavy atom. The number of hydrogen-bond acceptors (Lipinski definition) is 4. The molecule has 4 nitrogen and oxygen atoms in total. The lowest BCUT2D eigenvalue weighted by Crippen LogP contribution is -2.31. The van der Waals surface area contributed by atoms with Gasteiger partial charge >= 0.3 is 5.97 Å². The zero-order valence-corrected chi connectivity index (χ0v) is 16.7. The van der Waals surface area contributed by atoms with Crippen LogP contribution in [0, 0.1) is 6.92 Å². The number of carbonyl (C=O) groups is 1. The van der Waals surface area contributed by atoms with Gasteiger partial charge in [0.05, 0.1) is 12.2 Å². The normalized spacial score (nSPS) is 14.8. The number of hydrogen-bond donors (Lipinski definition) is 2. The van der Waals surface area contributed by atoms with E-state index in [0.717, 1.165) is 28.8 Å². The second-order valence-electron chi connectivity index (χ2n) is 6.26. The zero-order valence-electron chi connectivity index (χ0n) is 15.1. The molecule has 0 amide bonds. The topological polar surface area (TPSA) is 50.4 Å². The van der Waals surface area contributed by atoms with Crippen molar-refractivity contribution in [2.24, 2.45) is 0 Å². The second kappa shape index (κ2) is 10.7. The Morgan fingerprint density at radius 1 is 1.32 bits per heavy atom. The van der Waals surface area contributed by atoms with Gasteiger partial charge in [0, 0.05) is 23.2 Å². The van der Waals surface area contributed by atoms with E-state index in [4.69, 9.17) is 17.0 Å². The van der Waals surface area contributed by atoms with Crippen molar-refractivity contribution in [2.75, 3.05) is 24.2 Å². The highest BCUT2D eigenvalue weighted by Gasteiger charge is 2.13. The summed E-state index contributed by atoms with van der Waals surface area (Å²) in [6.45, 7) is 5.01. The van der Waals surface area contributed by atoms with Gasteiger partial charge in [0.2, 0.25) is 0 Å². The van der Waals surface area contributed by atoms with E-state index in [0.29, 0.717) is 17.3 Å². The smallest absolute Gasteiger partial charge is 0.338 e. The number of rotatable bonds is 7. The standard InChI is InChI=1S/C19H28N2O2S2/c1-3-23-18(22)15-10-9-14(2)17(13-15)21-19(24)20-11-12-25-16-7-5-4-6-8-16/h9-10,13,16H,3-8,11-12H2,1-2H3,(H2,20,21,24). The molecule has 25 heavy (non-hydrogen) atoms. The lowest BCUT2D eigenvalue weighted by molar-refractivity contribution is 0.0526. The molecule has 0 spiro atoms. The van der Waals surface area contributed by atoms with E-state index in [9.17, 15) is 4.79 Å². The predicted octanol–water partition coefficient (Wildman–Crippen LogP) is 4.52. The molecule has 1 aliphatic carbocycles. The van der Waals surface area contributed by atoms with Crippen molar-refractivity contribution in [1.29, 1.82) is 0 Å². The van der Waals surface area contributed by atoms with Crippen LogP contribution in [0.4, 0.5) is 5.69 Å². The molecule has 0 radical (unpaired) electrons. The minimum atomic E-state index is -0.312. The van der Waals surface area contributed by atoms with Crippen LogP contribution >= 0.6 is 24.0 Å². The minimum absolute atomic E-state index is 0.312. The van der Waals surface area contributed by atoms with E-state index < -0.39 is 0 Å². The van der Waals surface area contributed by atoms with Crippen molar-refractivity contribution in [2.45, 2.75) is 51.2 Å². The maximum absolute atomic E-state index is 11.9. The number of aryl methyl sites for hydroxylation is 1.